The topological polar surface area (TPSA) is 69.9 Å². The fourth-order valence-electron chi connectivity index (χ4n) is 3.32. The van der Waals surface area contributed by atoms with Crippen molar-refractivity contribution in [3.63, 3.8) is 0 Å². The fourth-order valence-corrected chi connectivity index (χ4v) is 3.32. The summed E-state index contributed by atoms with van der Waals surface area (Å²) in [5.41, 5.74) is -0.0118. The van der Waals surface area contributed by atoms with Crippen LogP contribution in [-0.4, -0.2) is 21.4 Å². The molecule has 0 spiro atoms. The van der Waals surface area contributed by atoms with Gasteiger partial charge in [0.1, 0.15) is 22.9 Å². The number of hydrogen-bond donors (Lipinski definition) is 3. The third kappa shape index (κ3) is 2.07. The first-order chi connectivity index (χ1) is 11.1. The van der Waals surface area contributed by atoms with Crippen LogP contribution in [0.25, 0.3) is 0 Å². The van der Waals surface area contributed by atoms with Crippen molar-refractivity contribution in [2.45, 2.75) is 11.7 Å². The molecule has 1 aliphatic heterocycles. The van der Waals surface area contributed by atoms with Gasteiger partial charge in [0.2, 0.25) is 0 Å². The highest BCUT2D eigenvalue weighted by molar-refractivity contribution is 5.54. The SMILES string of the molecule is Oc1ccc2c(c1)OC1=CC(O)C=CC1C2(O)c1ccccc1. The summed E-state index contributed by atoms with van der Waals surface area (Å²) in [7, 11) is 0. The number of rotatable bonds is 1. The van der Waals surface area contributed by atoms with Crippen molar-refractivity contribution in [2.24, 2.45) is 5.92 Å². The van der Waals surface area contributed by atoms with Gasteiger partial charge in [-0.3, -0.25) is 0 Å². The minimum absolute atomic E-state index is 0.0603. The van der Waals surface area contributed by atoms with Crippen molar-refractivity contribution in [3.8, 4) is 11.5 Å². The van der Waals surface area contributed by atoms with E-state index in [0.29, 0.717) is 17.1 Å². The Bertz CT molecular complexity index is 809. The summed E-state index contributed by atoms with van der Waals surface area (Å²) in [5, 5.41) is 31.2. The molecular weight excluding hydrogens is 292 g/mol. The van der Waals surface area contributed by atoms with Crippen LogP contribution in [0.15, 0.2) is 72.5 Å². The standard InChI is InChI=1S/C19H16O4/c20-13-6-8-15-17(10-13)23-18-11-14(21)7-9-16(18)19(15,22)12-4-2-1-3-5-12/h1-11,13,15,20-22H. The van der Waals surface area contributed by atoms with Crippen LogP contribution in [0.4, 0.5) is 0 Å². The lowest BCUT2D eigenvalue weighted by Gasteiger charge is -2.42. The summed E-state index contributed by atoms with van der Waals surface area (Å²) < 4.78 is 5.83. The van der Waals surface area contributed by atoms with E-state index in [1.54, 1.807) is 24.3 Å². The highest BCUT2D eigenvalue weighted by Crippen LogP contribution is 2.50. The molecule has 0 saturated heterocycles. The first-order valence-electron chi connectivity index (χ1n) is 7.46. The minimum atomic E-state index is -1.33. The van der Waals surface area contributed by atoms with Crippen LogP contribution in [-0.2, 0) is 5.60 Å². The molecule has 3 unspecified atom stereocenters. The van der Waals surface area contributed by atoms with Gasteiger partial charge in [-0.25, -0.2) is 0 Å². The van der Waals surface area contributed by atoms with Crippen LogP contribution in [0, 0.1) is 5.92 Å². The van der Waals surface area contributed by atoms with E-state index < -0.39 is 17.6 Å². The molecule has 3 N–H and O–H groups in total. The maximum atomic E-state index is 11.6. The second-order valence-corrected chi connectivity index (χ2v) is 5.84. The Morgan fingerprint density at radius 3 is 2.57 bits per heavy atom. The predicted molar refractivity (Wildman–Crippen MR) is 84.9 cm³/mol. The second-order valence-electron chi connectivity index (χ2n) is 5.84. The molecule has 0 aromatic heterocycles. The van der Waals surface area contributed by atoms with Gasteiger partial charge in [0.25, 0.3) is 0 Å². The summed E-state index contributed by atoms with van der Waals surface area (Å²) in [6, 6.07) is 14.0. The number of phenolic OH excluding ortho intramolecular Hbond substituents is 1. The fraction of sp³-hybridized carbons (Fsp3) is 0.158. The Hall–Kier alpha value is -2.56. The van der Waals surface area contributed by atoms with Crippen molar-refractivity contribution in [3.05, 3.63) is 83.6 Å². The van der Waals surface area contributed by atoms with Gasteiger partial charge in [0.05, 0.1) is 12.0 Å². The van der Waals surface area contributed by atoms with E-state index in [-0.39, 0.29) is 5.75 Å². The van der Waals surface area contributed by atoms with Crippen molar-refractivity contribution in [1.82, 2.24) is 0 Å². The van der Waals surface area contributed by atoms with Gasteiger partial charge in [-0.15, -0.1) is 0 Å². The van der Waals surface area contributed by atoms with Gasteiger partial charge in [0.15, 0.2) is 0 Å². The summed E-state index contributed by atoms with van der Waals surface area (Å²) in [5.74, 6) is 0.487. The number of fused-ring (bicyclic) bond motifs is 2. The second kappa shape index (κ2) is 4.98. The number of aromatic hydroxyl groups is 1. The average molecular weight is 308 g/mol. The molecule has 4 nitrogen and oxygen atoms in total. The van der Waals surface area contributed by atoms with E-state index >= 15 is 0 Å². The zero-order valence-corrected chi connectivity index (χ0v) is 12.3. The normalized spacial score (nSPS) is 28.3. The van der Waals surface area contributed by atoms with Gasteiger partial charge in [0, 0.05) is 11.6 Å². The molecule has 3 atom stereocenters. The lowest BCUT2D eigenvalue weighted by atomic mass is 9.71. The van der Waals surface area contributed by atoms with Crippen LogP contribution in [0.5, 0.6) is 11.5 Å². The smallest absolute Gasteiger partial charge is 0.137 e. The predicted octanol–water partition coefficient (Wildman–Crippen LogP) is 2.45. The van der Waals surface area contributed by atoms with Gasteiger partial charge in [-0.05, 0) is 23.8 Å². The average Bonchev–Trinajstić information content (AvgIpc) is 2.55. The Morgan fingerprint density at radius 2 is 1.78 bits per heavy atom. The molecule has 4 heteroatoms. The number of aliphatic hydroxyl groups excluding tert-OH is 1. The quantitative estimate of drug-likeness (QED) is 0.708. The van der Waals surface area contributed by atoms with Crippen molar-refractivity contribution >= 4 is 0 Å². The van der Waals surface area contributed by atoms with Crippen molar-refractivity contribution in [1.29, 1.82) is 0 Å². The monoisotopic (exact) mass is 308 g/mol. The molecule has 0 radical (unpaired) electrons. The van der Waals surface area contributed by atoms with E-state index in [1.165, 1.54) is 12.1 Å². The van der Waals surface area contributed by atoms with Gasteiger partial charge >= 0.3 is 0 Å². The van der Waals surface area contributed by atoms with Crippen molar-refractivity contribution < 1.29 is 20.1 Å². The van der Waals surface area contributed by atoms with E-state index in [0.717, 1.165) is 5.56 Å². The molecule has 1 aliphatic carbocycles. The Labute approximate surface area is 133 Å². The molecule has 0 amide bonds. The van der Waals surface area contributed by atoms with Crippen LogP contribution in [0.1, 0.15) is 11.1 Å². The molecule has 0 bridgehead atoms. The summed E-state index contributed by atoms with van der Waals surface area (Å²) >= 11 is 0. The first-order valence-corrected chi connectivity index (χ1v) is 7.46. The van der Waals surface area contributed by atoms with Gasteiger partial charge < -0.3 is 20.1 Å². The number of ether oxygens (including phenoxy) is 1. The van der Waals surface area contributed by atoms with Crippen LogP contribution in [0.3, 0.4) is 0 Å². The summed E-state index contributed by atoms with van der Waals surface area (Å²) in [6.07, 6.45) is 4.23. The van der Waals surface area contributed by atoms with E-state index in [2.05, 4.69) is 0 Å². The molecular formula is C19H16O4. The van der Waals surface area contributed by atoms with Gasteiger partial charge in [-0.1, -0.05) is 42.5 Å². The largest absolute Gasteiger partial charge is 0.508 e. The summed E-state index contributed by atoms with van der Waals surface area (Å²) in [6.45, 7) is 0. The molecule has 0 fully saturated rings. The number of hydrogen-bond acceptors (Lipinski definition) is 4. The van der Waals surface area contributed by atoms with Crippen LogP contribution in [0.2, 0.25) is 0 Å². The third-order valence-corrected chi connectivity index (χ3v) is 4.41. The maximum Gasteiger partial charge on any atom is 0.137 e. The molecule has 2 aromatic carbocycles. The zero-order chi connectivity index (χ0) is 16.0. The molecule has 0 saturated carbocycles. The maximum absolute atomic E-state index is 11.6. The lowest BCUT2D eigenvalue weighted by molar-refractivity contribution is 0.0185. The molecule has 1 heterocycles. The number of phenols is 1. The van der Waals surface area contributed by atoms with E-state index in [9.17, 15) is 15.3 Å². The lowest BCUT2D eigenvalue weighted by Crippen LogP contribution is -2.42. The number of benzene rings is 2. The van der Waals surface area contributed by atoms with E-state index in [4.69, 9.17) is 4.74 Å². The summed E-state index contributed by atoms with van der Waals surface area (Å²) in [4.78, 5) is 0. The Kier molecular flexibility index (Phi) is 3.04. The highest BCUT2D eigenvalue weighted by Gasteiger charge is 2.48. The molecule has 23 heavy (non-hydrogen) atoms. The third-order valence-electron chi connectivity index (χ3n) is 4.41. The van der Waals surface area contributed by atoms with Crippen molar-refractivity contribution in [2.75, 3.05) is 0 Å². The molecule has 4 rings (SSSR count). The van der Waals surface area contributed by atoms with Gasteiger partial charge in [-0.2, -0.15) is 0 Å². The van der Waals surface area contributed by atoms with Crippen LogP contribution >= 0.6 is 0 Å². The van der Waals surface area contributed by atoms with Crippen LogP contribution < -0.4 is 4.74 Å². The number of aliphatic hydroxyl groups is 2. The van der Waals surface area contributed by atoms with E-state index in [1.807, 2.05) is 30.3 Å². The first kappa shape index (κ1) is 14.1. The zero-order valence-electron chi connectivity index (χ0n) is 12.3. The Morgan fingerprint density at radius 1 is 1.00 bits per heavy atom. The molecule has 2 aromatic rings. The molecule has 2 aliphatic rings. The Balaban J connectivity index is 1.98. The molecule has 116 valence electrons. The minimum Gasteiger partial charge on any atom is -0.508 e. The highest BCUT2D eigenvalue weighted by atomic mass is 16.5.